The third-order valence-electron chi connectivity index (χ3n) is 7.86. The Labute approximate surface area is 293 Å². The quantitative estimate of drug-likeness (QED) is 0.0165. The molecule has 0 aliphatic heterocycles. The smallest absolute Gasteiger partial charge is 0.462 e. The SMILES string of the molecule is CCCCC/C=C/CCCCCCCC(=O)OC[C@H](COP(=O)(O)OCCN)OC(=O)/C=C/C=C/CCCCCCCCCCCCC. The number of carbonyl (C=O) groups is 2. The van der Waals surface area contributed by atoms with Crippen LogP contribution in [0.5, 0.6) is 0 Å². The van der Waals surface area contributed by atoms with Crippen LogP contribution in [0.1, 0.15) is 162 Å². The van der Waals surface area contributed by atoms with Gasteiger partial charge < -0.3 is 20.1 Å². The third-order valence-corrected chi connectivity index (χ3v) is 8.84. The maximum atomic E-state index is 12.4. The van der Waals surface area contributed by atoms with Crippen molar-refractivity contribution in [2.75, 3.05) is 26.4 Å². The first-order chi connectivity index (χ1) is 23.3. The number of hydrogen-bond donors (Lipinski definition) is 2. The topological polar surface area (TPSA) is 134 Å². The highest BCUT2D eigenvalue weighted by atomic mass is 31.2. The lowest BCUT2D eigenvalue weighted by Gasteiger charge is -2.19. The molecule has 0 amide bonds. The van der Waals surface area contributed by atoms with Crippen molar-refractivity contribution in [2.24, 2.45) is 5.73 Å². The number of hydrogen-bond acceptors (Lipinski definition) is 8. The minimum atomic E-state index is -4.40. The van der Waals surface area contributed by atoms with E-state index in [-0.39, 0.29) is 26.2 Å². The van der Waals surface area contributed by atoms with Crippen molar-refractivity contribution in [1.82, 2.24) is 0 Å². The summed E-state index contributed by atoms with van der Waals surface area (Å²) in [5, 5.41) is 0. The van der Waals surface area contributed by atoms with Gasteiger partial charge in [0.25, 0.3) is 0 Å². The Balaban J connectivity index is 4.35. The Bertz CT molecular complexity index is 892. The highest BCUT2D eigenvalue weighted by molar-refractivity contribution is 7.47. The van der Waals surface area contributed by atoms with Crippen LogP contribution in [0.2, 0.25) is 0 Å². The van der Waals surface area contributed by atoms with Crippen LogP contribution in [-0.2, 0) is 32.7 Å². The molecule has 0 saturated carbocycles. The molecular formula is C38H70NO8P. The van der Waals surface area contributed by atoms with Gasteiger partial charge in [-0.2, -0.15) is 0 Å². The molecule has 0 radical (unpaired) electrons. The van der Waals surface area contributed by atoms with Gasteiger partial charge in [-0.3, -0.25) is 13.8 Å². The van der Waals surface area contributed by atoms with Gasteiger partial charge in [-0.15, -0.1) is 0 Å². The number of allylic oxidation sites excluding steroid dienone is 5. The minimum Gasteiger partial charge on any atom is -0.462 e. The van der Waals surface area contributed by atoms with Crippen molar-refractivity contribution in [3.05, 3.63) is 36.5 Å². The molecule has 9 nitrogen and oxygen atoms in total. The maximum absolute atomic E-state index is 12.4. The maximum Gasteiger partial charge on any atom is 0.472 e. The van der Waals surface area contributed by atoms with Gasteiger partial charge in [0.2, 0.25) is 0 Å². The fourth-order valence-corrected chi connectivity index (χ4v) is 5.77. The first-order valence-electron chi connectivity index (χ1n) is 19.0. The average molecular weight is 700 g/mol. The van der Waals surface area contributed by atoms with Crippen LogP contribution in [0.4, 0.5) is 0 Å². The highest BCUT2D eigenvalue weighted by Crippen LogP contribution is 2.43. The van der Waals surface area contributed by atoms with E-state index in [2.05, 4.69) is 26.0 Å². The molecule has 280 valence electrons. The largest absolute Gasteiger partial charge is 0.472 e. The number of esters is 2. The molecule has 48 heavy (non-hydrogen) atoms. The van der Waals surface area contributed by atoms with E-state index in [1.807, 2.05) is 6.08 Å². The zero-order chi connectivity index (χ0) is 35.4. The van der Waals surface area contributed by atoms with Crippen molar-refractivity contribution in [3.8, 4) is 0 Å². The van der Waals surface area contributed by atoms with Crippen molar-refractivity contribution < 1.29 is 37.6 Å². The fraction of sp³-hybridized carbons (Fsp3) is 0.789. The number of nitrogens with two attached hydrogens (primary N) is 1. The number of phosphoric acid groups is 1. The van der Waals surface area contributed by atoms with Crippen molar-refractivity contribution in [2.45, 2.75) is 168 Å². The lowest BCUT2D eigenvalue weighted by molar-refractivity contribution is -0.157. The average Bonchev–Trinajstić information content (AvgIpc) is 3.07. The predicted molar refractivity (Wildman–Crippen MR) is 197 cm³/mol. The van der Waals surface area contributed by atoms with E-state index in [1.54, 1.807) is 12.2 Å². The molecule has 0 aliphatic carbocycles. The molecule has 3 N–H and O–H groups in total. The number of carbonyl (C=O) groups excluding carboxylic acids is 2. The third kappa shape index (κ3) is 34.1. The zero-order valence-corrected chi connectivity index (χ0v) is 31.4. The van der Waals surface area contributed by atoms with E-state index in [1.165, 1.54) is 89.5 Å². The van der Waals surface area contributed by atoms with Crippen LogP contribution in [0.25, 0.3) is 0 Å². The number of phosphoric ester groups is 1. The molecule has 0 aromatic carbocycles. The van der Waals surface area contributed by atoms with E-state index in [0.717, 1.165) is 51.4 Å². The Morgan fingerprint density at radius 2 is 1.17 bits per heavy atom. The lowest BCUT2D eigenvalue weighted by atomic mass is 10.1. The Hall–Kier alpha value is -1.77. The molecule has 10 heteroatoms. The van der Waals surface area contributed by atoms with Gasteiger partial charge in [0, 0.05) is 19.0 Å². The van der Waals surface area contributed by atoms with Gasteiger partial charge in [0.05, 0.1) is 13.2 Å². The van der Waals surface area contributed by atoms with Crippen LogP contribution >= 0.6 is 7.82 Å². The summed E-state index contributed by atoms with van der Waals surface area (Å²) >= 11 is 0. The monoisotopic (exact) mass is 699 g/mol. The summed E-state index contributed by atoms with van der Waals surface area (Å²) in [6.45, 7) is 3.55. The van der Waals surface area contributed by atoms with Crippen LogP contribution in [0.3, 0.4) is 0 Å². The van der Waals surface area contributed by atoms with Crippen LogP contribution in [-0.4, -0.2) is 49.3 Å². The normalized spacial score (nSPS) is 13.8. The molecule has 0 aromatic heterocycles. The van der Waals surface area contributed by atoms with Gasteiger partial charge >= 0.3 is 19.8 Å². The summed E-state index contributed by atoms with van der Waals surface area (Å²) in [4.78, 5) is 34.5. The summed E-state index contributed by atoms with van der Waals surface area (Å²) in [7, 11) is -4.40. The van der Waals surface area contributed by atoms with Gasteiger partial charge in [0.15, 0.2) is 6.10 Å². The molecule has 2 atom stereocenters. The summed E-state index contributed by atoms with van der Waals surface area (Å²) in [5.74, 6) is -1.09. The summed E-state index contributed by atoms with van der Waals surface area (Å²) in [6.07, 6.45) is 36.7. The summed E-state index contributed by atoms with van der Waals surface area (Å²) in [5.41, 5.74) is 5.32. The Morgan fingerprint density at radius 3 is 1.75 bits per heavy atom. The molecule has 0 aliphatic rings. The van der Waals surface area contributed by atoms with Gasteiger partial charge in [-0.05, 0) is 44.9 Å². The van der Waals surface area contributed by atoms with Crippen molar-refractivity contribution in [1.29, 1.82) is 0 Å². The molecule has 0 saturated heterocycles. The minimum absolute atomic E-state index is 0.0394. The van der Waals surface area contributed by atoms with E-state index < -0.39 is 32.5 Å². The second kappa shape index (κ2) is 35.1. The second-order valence-electron chi connectivity index (χ2n) is 12.5. The zero-order valence-electron chi connectivity index (χ0n) is 30.5. The van der Waals surface area contributed by atoms with Crippen molar-refractivity contribution >= 4 is 19.8 Å². The molecule has 0 rings (SSSR count). The van der Waals surface area contributed by atoms with Gasteiger partial charge in [0.1, 0.15) is 6.61 Å². The lowest BCUT2D eigenvalue weighted by Crippen LogP contribution is -2.29. The van der Waals surface area contributed by atoms with Crippen LogP contribution < -0.4 is 5.73 Å². The molecule has 1 unspecified atom stereocenters. The van der Waals surface area contributed by atoms with Gasteiger partial charge in [-0.25, -0.2) is 9.36 Å². The number of rotatable bonds is 35. The predicted octanol–water partition coefficient (Wildman–Crippen LogP) is 10.2. The van der Waals surface area contributed by atoms with Crippen LogP contribution in [0, 0.1) is 0 Å². The molecule has 0 aromatic rings. The number of unbranched alkanes of at least 4 members (excludes halogenated alkanes) is 19. The summed E-state index contributed by atoms with van der Waals surface area (Å²) in [6, 6.07) is 0. The van der Waals surface area contributed by atoms with Crippen molar-refractivity contribution in [3.63, 3.8) is 0 Å². The molecule has 0 spiro atoms. The molecule has 0 fully saturated rings. The molecular weight excluding hydrogens is 629 g/mol. The summed E-state index contributed by atoms with van der Waals surface area (Å²) < 4.78 is 32.4. The van der Waals surface area contributed by atoms with E-state index in [9.17, 15) is 19.0 Å². The van der Waals surface area contributed by atoms with E-state index in [0.29, 0.717) is 6.42 Å². The van der Waals surface area contributed by atoms with Crippen LogP contribution in [0.15, 0.2) is 36.5 Å². The standard InChI is InChI=1S/C38H70NO8P/c1-3-5-7-9-11-13-15-17-18-19-21-23-25-27-29-31-38(41)47-36(35-46-48(42,43)45-33-32-39)34-44-37(40)30-28-26-24-22-20-16-14-12-10-8-6-4-2/h12,14,25,27,29,31,36H,3-11,13,15-24,26,28,30,32-35,39H2,1-2H3,(H,42,43)/b14-12+,27-25+,31-29+/t36-/m1/s1. The Kier molecular flexibility index (Phi) is 33.8. The fourth-order valence-electron chi connectivity index (χ4n) is 5.01. The first-order valence-corrected chi connectivity index (χ1v) is 20.5. The molecule has 0 heterocycles. The first kappa shape index (κ1) is 46.2. The Morgan fingerprint density at radius 1 is 0.667 bits per heavy atom. The number of ether oxygens (including phenoxy) is 2. The highest BCUT2D eigenvalue weighted by Gasteiger charge is 2.25. The second-order valence-corrected chi connectivity index (χ2v) is 14.0. The molecule has 0 bridgehead atoms. The van der Waals surface area contributed by atoms with E-state index >= 15 is 0 Å². The van der Waals surface area contributed by atoms with Gasteiger partial charge in [-0.1, -0.05) is 141 Å². The van der Waals surface area contributed by atoms with E-state index in [4.69, 9.17) is 24.3 Å².